The van der Waals surface area contributed by atoms with Crippen molar-refractivity contribution in [3.8, 4) is 0 Å². The summed E-state index contributed by atoms with van der Waals surface area (Å²) in [5.41, 5.74) is 11.2. The highest BCUT2D eigenvalue weighted by Crippen LogP contribution is 2.28. The van der Waals surface area contributed by atoms with E-state index in [0.717, 1.165) is 30.7 Å². The molecular weight excluding hydrogens is 324 g/mol. The molecule has 0 aromatic carbocycles. The van der Waals surface area contributed by atoms with Crippen molar-refractivity contribution in [1.29, 1.82) is 0 Å². The third-order valence-corrected chi connectivity index (χ3v) is 4.79. The first-order valence-electron chi connectivity index (χ1n) is 7.33. The second kappa shape index (κ2) is 9.07. The highest BCUT2D eigenvalue weighted by Gasteiger charge is 2.27. The lowest BCUT2D eigenvalue weighted by Gasteiger charge is -2.30. The summed E-state index contributed by atoms with van der Waals surface area (Å²) in [7, 11) is 0. The van der Waals surface area contributed by atoms with Gasteiger partial charge < -0.3 is 16.8 Å². The number of nitrogens with two attached hydrogens (primary N) is 2. The number of halogens is 1. The minimum atomic E-state index is -0.383. The molecule has 1 fully saturated rings. The van der Waals surface area contributed by atoms with E-state index in [1.54, 1.807) is 5.38 Å². The molecule has 0 bridgehead atoms. The van der Waals surface area contributed by atoms with Gasteiger partial charge in [-0.1, -0.05) is 19.3 Å². The zero-order valence-electron chi connectivity index (χ0n) is 12.4. The molecule has 1 aromatic rings. The van der Waals surface area contributed by atoms with Gasteiger partial charge in [0.1, 0.15) is 10.7 Å². The van der Waals surface area contributed by atoms with Crippen LogP contribution in [0.2, 0.25) is 0 Å². The van der Waals surface area contributed by atoms with Crippen LogP contribution in [0.1, 0.15) is 54.0 Å². The maximum Gasteiger partial charge on any atom is 0.271 e. The molecule has 1 unspecified atom stereocenters. The smallest absolute Gasteiger partial charge is 0.271 e. The lowest BCUT2D eigenvalue weighted by Crippen LogP contribution is -2.43. The van der Waals surface area contributed by atoms with Crippen molar-refractivity contribution in [3.05, 3.63) is 16.1 Å². The molecule has 0 radical (unpaired) electrons. The quantitative estimate of drug-likeness (QED) is 0.726. The average Bonchev–Trinajstić information content (AvgIpc) is 2.96. The molecule has 1 atom stereocenters. The van der Waals surface area contributed by atoms with Gasteiger partial charge in [-0.05, 0) is 18.8 Å². The van der Waals surface area contributed by atoms with E-state index in [1.165, 1.54) is 17.8 Å². The number of rotatable bonds is 6. The first-order chi connectivity index (χ1) is 10.1. The van der Waals surface area contributed by atoms with Gasteiger partial charge in [-0.15, -0.1) is 23.7 Å². The molecule has 5 N–H and O–H groups in total. The van der Waals surface area contributed by atoms with E-state index in [0.29, 0.717) is 18.2 Å². The standard InChI is InChI=1S/C14H22N4O2S.ClH/c15-7-13-17-11(8-21-13)14(20)18-10(6-12(16)19)9-4-2-1-3-5-9;/h8-10H,1-7,15H2,(H2,16,19)(H,18,20);1H. The molecule has 1 heterocycles. The van der Waals surface area contributed by atoms with Crippen LogP contribution < -0.4 is 16.8 Å². The Kier molecular flexibility index (Phi) is 7.78. The maximum absolute atomic E-state index is 12.2. The number of nitrogens with one attached hydrogen (secondary N) is 1. The molecule has 0 saturated heterocycles. The molecule has 1 aliphatic carbocycles. The molecule has 1 aromatic heterocycles. The Bertz CT molecular complexity index is 503. The minimum absolute atomic E-state index is 0. The Morgan fingerprint density at radius 1 is 1.36 bits per heavy atom. The molecule has 22 heavy (non-hydrogen) atoms. The van der Waals surface area contributed by atoms with Crippen molar-refractivity contribution in [1.82, 2.24) is 10.3 Å². The highest BCUT2D eigenvalue weighted by atomic mass is 35.5. The summed E-state index contributed by atoms with van der Waals surface area (Å²) in [6, 6.07) is -0.196. The normalized spacial score (nSPS) is 16.6. The molecular formula is C14H23ClN4O2S. The van der Waals surface area contributed by atoms with Gasteiger partial charge in [0.25, 0.3) is 5.91 Å². The van der Waals surface area contributed by atoms with E-state index in [2.05, 4.69) is 10.3 Å². The summed E-state index contributed by atoms with van der Waals surface area (Å²) in [4.78, 5) is 27.7. The highest BCUT2D eigenvalue weighted by molar-refractivity contribution is 7.09. The van der Waals surface area contributed by atoms with Crippen molar-refractivity contribution in [2.75, 3.05) is 0 Å². The lowest BCUT2D eigenvalue weighted by molar-refractivity contribution is -0.118. The summed E-state index contributed by atoms with van der Waals surface area (Å²) < 4.78 is 0. The fourth-order valence-electron chi connectivity index (χ4n) is 2.84. The summed E-state index contributed by atoms with van der Waals surface area (Å²) in [5.74, 6) is -0.308. The minimum Gasteiger partial charge on any atom is -0.370 e. The monoisotopic (exact) mass is 346 g/mol. The van der Waals surface area contributed by atoms with Gasteiger partial charge in [0.05, 0.1) is 0 Å². The third kappa shape index (κ3) is 5.23. The SMILES string of the molecule is Cl.NCc1nc(C(=O)NC(CC(N)=O)C2CCCCC2)cs1. The van der Waals surface area contributed by atoms with Gasteiger partial charge in [-0.25, -0.2) is 4.98 Å². The van der Waals surface area contributed by atoms with Gasteiger partial charge in [-0.3, -0.25) is 9.59 Å². The Balaban J connectivity index is 0.00000242. The van der Waals surface area contributed by atoms with E-state index < -0.39 is 0 Å². The summed E-state index contributed by atoms with van der Waals surface area (Å²) >= 11 is 1.37. The van der Waals surface area contributed by atoms with Crippen LogP contribution in [0.4, 0.5) is 0 Å². The molecule has 8 heteroatoms. The van der Waals surface area contributed by atoms with Crippen molar-refractivity contribution >= 4 is 35.6 Å². The Hall–Kier alpha value is -1.18. The fraction of sp³-hybridized carbons (Fsp3) is 0.643. The molecule has 1 aliphatic rings. The molecule has 0 aliphatic heterocycles. The second-order valence-corrected chi connectivity index (χ2v) is 6.42. The van der Waals surface area contributed by atoms with Crippen LogP contribution in [0, 0.1) is 5.92 Å². The summed E-state index contributed by atoms with van der Waals surface area (Å²) in [6.07, 6.45) is 5.75. The van der Waals surface area contributed by atoms with Gasteiger partial charge in [-0.2, -0.15) is 0 Å². The zero-order chi connectivity index (χ0) is 15.2. The lowest BCUT2D eigenvalue weighted by atomic mass is 9.82. The number of aromatic nitrogens is 1. The van der Waals surface area contributed by atoms with Crippen LogP contribution in [0.3, 0.4) is 0 Å². The number of carbonyl (C=O) groups is 2. The second-order valence-electron chi connectivity index (χ2n) is 5.48. The van der Waals surface area contributed by atoms with Crippen molar-refractivity contribution < 1.29 is 9.59 Å². The van der Waals surface area contributed by atoms with E-state index in [1.807, 2.05) is 0 Å². The van der Waals surface area contributed by atoms with E-state index in [4.69, 9.17) is 11.5 Å². The van der Waals surface area contributed by atoms with E-state index >= 15 is 0 Å². The number of hydrogen-bond donors (Lipinski definition) is 3. The number of nitrogens with zero attached hydrogens (tertiary/aromatic N) is 1. The van der Waals surface area contributed by atoms with Crippen LogP contribution in [0.25, 0.3) is 0 Å². The maximum atomic E-state index is 12.2. The predicted octanol–water partition coefficient (Wildman–Crippen LogP) is 1.58. The average molecular weight is 347 g/mol. The number of hydrogen-bond acceptors (Lipinski definition) is 5. The first kappa shape index (κ1) is 18.9. The molecule has 1 saturated carbocycles. The summed E-state index contributed by atoms with van der Waals surface area (Å²) in [5, 5.41) is 5.36. The van der Waals surface area contributed by atoms with Crippen molar-refractivity contribution in [3.63, 3.8) is 0 Å². The van der Waals surface area contributed by atoms with E-state index in [-0.39, 0.29) is 36.7 Å². The Morgan fingerprint density at radius 3 is 2.59 bits per heavy atom. The number of primary amides is 1. The third-order valence-electron chi connectivity index (χ3n) is 3.92. The molecule has 124 valence electrons. The summed E-state index contributed by atoms with van der Waals surface area (Å²) in [6.45, 7) is 0.325. The number of amides is 2. The van der Waals surface area contributed by atoms with E-state index in [9.17, 15) is 9.59 Å². The number of carbonyl (C=O) groups excluding carboxylic acids is 2. The van der Waals surface area contributed by atoms with Crippen molar-refractivity contribution in [2.24, 2.45) is 17.4 Å². The van der Waals surface area contributed by atoms with Gasteiger partial charge in [0.15, 0.2) is 0 Å². The van der Waals surface area contributed by atoms with Gasteiger partial charge in [0.2, 0.25) is 5.91 Å². The van der Waals surface area contributed by atoms with Crippen LogP contribution in [-0.4, -0.2) is 22.8 Å². The van der Waals surface area contributed by atoms with Gasteiger partial charge >= 0.3 is 0 Å². The van der Waals surface area contributed by atoms with Crippen LogP contribution in [-0.2, 0) is 11.3 Å². The fourth-order valence-corrected chi connectivity index (χ4v) is 3.49. The van der Waals surface area contributed by atoms with Crippen LogP contribution in [0.5, 0.6) is 0 Å². The predicted molar refractivity (Wildman–Crippen MR) is 88.9 cm³/mol. The zero-order valence-corrected chi connectivity index (χ0v) is 14.0. The van der Waals surface area contributed by atoms with Crippen LogP contribution >= 0.6 is 23.7 Å². The molecule has 0 spiro atoms. The Morgan fingerprint density at radius 2 is 2.05 bits per heavy atom. The largest absolute Gasteiger partial charge is 0.370 e. The number of thiazole rings is 1. The van der Waals surface area contributed by atoms with Gasteiger partial charge in [0, 0.05) is 24.4 Å². The molecule has 2 amide bonds. The topological polar surface area (TPSA) is 111 Å². The van der Waals surface area contributed by atoms with Crippen LogP contribution in [0.15, 0.2) is 5.38 Å². The molecule has 6 nitrogen and oxygen atoms in total. The molecule has 2 rings (SSSR count). The Labute approximate surface area is 140 Å². The van der Waals surface area contributed by atoms with Crippen molar-refractivity contribution in [2.45, 2.75) is 51.1 Å². The first-order valence-corrected chi connectivity index (χ1v) is 8.21.